The number of hydrogen-bond donors (Lipinski definition) is 1. The molecule has 0 aromatic heterocycles. The minimum Gasteiger partial charge on any atom is -0.491 e. The van der Waals surface area contributed by atoms with Crippen LogP contribution in [0.4, 0.5) is 0 Å². The summed E-state index contributed by atoms with van der Waals surface area (Å²) in [5, 5.41) is 8.93. The van der Waals surface area contributed by atoms with E-state index in [9.17, 15) is 0 Å². The molecule has 138 valence electrons. The molecule has 2 heteroatoms. The lowest BCUT2D eigenvalue weighted by Gasteiger charge is -2.16. The molecular formula is C25H26O2. The highest BCUT2D eigenvalue weighted by atomic mass is 16.5. The van der Waals surface area contributed by atoms with Crippen molar-refractivity contribution in [3.8, 4) is 5.75 Å². The Bertz CT molecular complexity index is 850. The molecule has 0 fully saturated rings. The minimum absolute atomic E-state index is 0.0218. The highest BCUT2D eigenvalue weighted by Crippen LogP contribution is 2.31. The Labute approximate surface area is 161 Å². The molecule has 3 aromatic rings. The van der Waals surface area contributed by atoms with E-state index in [1.54, 1.807) is 0 Å². The number of ether oxygens (including phenoxy) is 1. The molecule has 0 heterocycles. The van der Waals surface area contributed by atoms with E-state index in [1.165, 1.54) is 27.8 Å². The van der Waals surface area contributed by atoms with Crippen molar-refractivity contribution in [1.29, 1.82) is 0 Å². The molecule has 3 aromatic carbocycles. The molecule has 0 aliphatic rings. The smallest absolute Gasteiger partial charge is 0.119 e. The predicted octanol–water partition coefficient (Wildman–Crippen LogP) is 5.51. The second-order valence-corrected chi connectivity index (χ2v) is 6.46. The molecule has 0 radical (unpaired) electrons. The van der Waals surface area contributed by atoms with Crippen LogP contribution in [0, 0.1) is 0 Å². The normalized spacial score (nSPS) is 11.8. The van der Waals surface area contributed by atoms with Gasteiger partial charge in [-0.05, 0) is 47.2 Å². The van der Waals surface area contributed by atoms with Gasteiger partial charge in [0.2, 0.25) is 0 Å². The van der Waals surface area contributed by atoms with E-state index in [0.717, 1.165) is 18.6 Å². The average molecular weight is 358 g/mol. The van der Waals surface area contributed by atoms with Gasteiger partial charge in [0.05, 0.1) is 6.61 Å². The third-order valence-corrected chi connectivity index (χ3v) is 4.61. The fraction of sp³-hybridized carbons (Fsp3) is 0.200. The molecule has 0 aliphatic heterocycles. The Hall–Kier alpha value is -2.84. The molecule has 0 bridgehead atoms. The predicted molar refractivity (Wildman–Crippen MR) is 112 cm³/mol. The number of allylic oxidation sites excluding steroid dienone is 1. The van der Waals surface area contributed by atoms with E-state index < -0.39 is 0 Å². The molecular weight excluding hydrogens is 332 g/mol. The van der Waals surface area contributed by atoms with Gasteiger partial charge >= 0.3 is 0 Å². The fourth-order valence-electron chi connectivity index (χ4n) is 3.29. The molecule has 1 N–H and O–H groups in total. The Morgan fingerprint density at radius 3 is 1.96 bits per heavy atom. The maximum Gasteiger partial charge on any atom is 0.119 e. The first-order chi connectivity index (χ1) is 13.3. The quantitative estimate of drug-likeness (QED) is 0.575. The third-order valence-electron chi connectivity index (χ3n) is 4.61. The van der Waals surface area contributed by atoms with E-state index >= 15 is 0 Å². The van der Waals surface area contributed by atoms with Crippen LogP contribution < -0.4 is 4.74 Å². The topological polar surface area (TPSA) is 29.5 Å². The molecule has 27 heavy (non-hydrogen) atoms. The van der Waals surface area contributed by atoms with Gasteiger partial charge in [0.25, 0.3) is 0 Å². The zero-order valence-corrected chi connectivity index (χ0v) is 15.8. The summed E-state index contributed by atoms with van der Waals surface area (Å²) in [5.41, 5.74) is 6.44. The van der Waals surface area contributed by atoms with Gasteiger partial charge in [0.1, 0.15) is 12.4 Å². The molecule has 3 rings (SSSR count). The van der Waals surface area contributed by atoms with Crippen LogP contribution in [0.5, 0.6) is 5.75 Å². The Morgan fingerprint density at radius 1 is 0.778 bits per heavy atom. The van der Waals surface area contributed by atoms with Crippen LogP contribution in [0.15, 0.2) is 90.5 Å². The van der Waals surface area contributed by atoms with Crippen LogP contribution in [0.25, 0.3) is 5.57 Å². The van der Waals surface area contributed by atoms with Crippen molar-refractivity contribution < 1.29 is 9.84 Å². The van der Waals surface area contributed by atoms with Crippen molar-refractivity contribution in [1.82, 2.24) is 0 Å². The number of aliphatic hydroxyl groups is 1. The van der Waals surface area contributed by atoms with Gasteiger partial charge in [0, 0.05) is 0 Å². The molecule has 0 unspecified atom stereocenters. The van der Waals surface area contributed by atoms with Crippen molar-refractivity contribution in [2.75, 3.05) is 13.2 Å². The van der Waals surface area contributed by atoms with Crippen LogP contribution in [0.1, 0.15) is 30.0 Å². The van der Waals surface area contributed by atoms with Gasteiger partial charge in [-0.1, -0.05) is 85.3 Å². The standard InChI is InChI=1S/C25H26O2/c1-2-21(19-20-9-5-3-6-10-20)25(22-11-7-4-8-12-22)23-13-15-24(16-14-23)27-18-17-26/h3-16,26H,2,17-19H2,1H3. The molecule has 0 atom stereocenters. The molecule has 2 nitrogen and oxygen atoms in total. The Balaban J connectivity index is 2.02. The summed E-state index contributed by atoms with van der Waals surface area (Å²) >= 11 is 0. The van der Waals surface area contributed by atoms with Crippen molar-refractivity contribution in [2.24, 2.45) is 0 Å². The second-order valence-electron chi connectivity index (χ2n) is 6.46. The summed E-state index contributed by atoms with van der Waals surface area (Å²) < 4.78 is 5.51. The van der Waals surface area contributed by atoms with Crippen molar-refractivity contribution >= 4 is 5.57 Å². The van der Waals surface area contributed by atoms with Gasteiger partial charge in [-0.3, -0.25) is 0 Å². The molecule has 0 saturated heterocycles. The second kappa shape index (κ2) is 9.75. The number of aliphatic hydroxyl groups excluding tert-OH is 1. The Kier molecular flexibility index (Phi) is 6.84. The SMILES string of the molecule is CCC(Cc1ccccc1)=C(c1ccccc1)c1ccc(OCCO)cc1. The van der Waals surface area contributed by atoms with Gasteiger partial charge < -0.3 is 9.84 Å². The third kappa shape index (κ3) is 5.08. The fourth-order valence-corrected chi connectivity index (χ4v) is 3.29. The van der Waals surface area contributed by atoms with Crippen molar-refractivity contribution in [3.63, 3.8) is 0 Å². The Morgan fingerprint density at radius 2 is 1.37 bits per heavy atom. The summed E-state index contributed by atoms with van der Waals surface area (Å²) in [6.07, 6.45) is 1.92. The number of hydrogen-bond acceptors (Lipinski definition) is 2. The van der Waals surface area contributed by atoms with Crippen LogP contribution in [0.2, 0.25) is 0 Å². The average Bonchev–Trinajstić information content (AvgIpc) is 2.74. The zero-order valence-electron chi connectivity index (χ0n) is 15.8. The lowest BCUT2D eigenvalue weighted by Crippen LogP contribution is -2.02. The van der Waals surface area contributed by atoms with Crippen molar-refractivity contribution in [2.45, 2.75) is 19.8 Å². The van der Waals surface area contributed by atoms with Crippen LogP contribution in [-0.2, 0) is 6.42 Å². The van der Waals surface area contributed by atoms with Gasteiger partial charge in [-0.25, -0.2) is 0 Å². The molecule has 0 saturated carbocycles. The zero-order chi connectivity index (χ0) is 18.9. The number of rotatable bonds is 8. The summed E-state index contributed by atoms with van der Waals surface area (Å²) in [7, 11) is 0. The van der Waals surface area contributed by atoms with E-state index in [4.69, 9.17) is 9.84 Å². The maximum atomic E-state index is 8.93. The summed E-state index contributed by atoms with van der Waals surface area (Å²) in [5.74, 6) is 0.779. The highest BCUT2D eigenvalue weighted by molar-refractivity contribution is 5.82. The highest BCUT2D eigenvalue weighted by Gasteiger charge is 2.12. The summed E-state index contributed by atoms with van der Waals surface area (Å²) in [6, 6.07) is 29.4. The molecule has 0 amide bonds. The van der Waals surface area contributed by atoms with Crippen LogP contribution in [-0.4, -0.2) is 18.3 Å². The van der Waals surface area contributed by atoms with Gasteiger partial charge in [-0.2, -0.15) is 0 Å². The molecule has 0 aliphatic carbocycles. The van der Waals surface area contributed by atoms with Crippen LogP contribution >= 0.6 is 0 Å². The van der Waals surface area contributed by atoms with E-state index in [2.05, 4.69) is 79.7 Å². The first kappa shape index (κ1) is 18.9. The maximum absolute atomic E-state index is 8.93. The largest absolute Gasteiger partial charge is 0.491 e. The lowest BCUT2D eigenvalue weighted by atomic mass is 9.88. The van der Waals surface area contributed by atoms with Gasteiger partial charge in [0.15, 0.2) is 0 Å². The van der Waals surface area contributed by atoms with Crippen molar-refractivity contribution in [3.05, 3.63) is 107 Å². The van der Waals surface area contributed by atoms with Crippen LogP contribution in [0.3, 0.4) is 0 Å². The first-order valence-corrected chi connectivity index (χ1v) is 9.47. The lowest BCUT2D eigenvalue weighted by molar-refractivity contribution is 0.201. The summed E-state index contributed by atoms with van der Waals surface area (Å²) in [6.45, 7) is 2.56. The van der Waals surface area contributed by atoms with Gasteiger partial charge in [-0.15, -0.1) is 0 Å². The first-order valence-electron chi connectivity index (χ1n) is 9.47. The van der Waals surface area contributed by atoms with E-state index in [-0.39, 0.29) is 6.61 Å². The summed E-state index contributed by atoms with van der Waals surface area (Å²) in [4.78, 5) is 0. The molecule has 0 spiro atoms. The van der Waals surface area contributed by atoms with E-state index in [1.807, 2.05) is 12.1 Å². The minimum atomic E-state index is 0.0218. The monoisotopic (exact) mass is 358 g/mol. The van der Waals surface area contributed by atoms with E-state index in [0.29, 0.717) is 6.61 Å². The number of benzene rings is 3.